The molecule has 7 heteroatoms. The number of nitro groups is 1. The Kier molecular flexibility index (Phi) is 4.38. The first kappa shape index (κ1) is 16.5. The van der Waals surface area contributed by atoms with E-state index < -0.39 is 11.0 Å². The molecule has 2 amide bonds. The largest absolute Gasteiger partial charge is 0.442 e. The van der Waals surface area contributed by atoms with Crippen molar-refractivity contribution in [2.75, 3.05) is 11.4 Å². The molecule has 0 unspecified atom stereocenters. The number of hydrogen-bond acceptors (Lipinski definition) is 4. The maximum atomic E-state index is 11.7. The SMILES string of the molecule is CCCN(C(N)=O)c1ccc2oc([N+](=O)[O-])c(-c3ccccc3)c2c1. The minimum atomic E-state index is -0.569. The molecule has 1 heterocycles. The third-order valence-electron chi connectivity index (χ3n) is 3.91. The highest BCUT2D eigenvalue weighted by molar-refractivity contribution is 6.02. The first-order valence-electron chi connectivity index (χ1n) is 7.86. The van der Waals surface area contributed by atoms with E-state index >= 15 is 0 Å². The Hall–Kier alpha value is -3.35. The predicted octanol–water partition coefficient (Wildman–Crippen LogP) is 4.30. The Morgan fingerprint density at radius 2 is 1.96 bits per heavy atom. The molecule has 0 bridgehead atoms. The van der Waals surface area contributed by atoms with E-state index in [-0.39, 0.29) is 5.88 Å². The van der Waals surface area contributed by atoms with Gasteiger partial charge in [0.15, 0.2) is 0 Å². The fraction of sp³-hybridized carbons (Fsp3) is 0.167. The molecule has 3 rings (SSSR count). The molecule has 25 heavy (non-hydrogen) atoms. The topological polar surface area (TPSA) is 103 Å². The van der Waals surface area contributed by atoms with Crippen LogP contribution in [0, 0.1) is 10.1 Å². The third kappa shape index (κ3) is 3.03. The number of rotatable bonds is 5. The molecule has 2 aromatic carbocycles. The van der Waals surface area contributed by atoms with Gasteiger partial charge in [-0.3, -0.25) is 15.0 Å². The summed E-state index contributed by atoms with van der Waals surface area (Å²) in [5.41, 5.74) is 7.48. The smallest absolute Gasteiger partial charge is 0.400 e. The number of urea groups is 1. The van der Waals surface area contributed by atoms with Crippen LogP contribution in [0.2, 0.25) is 0 Å². The van der Waals surface area contributed by atoms with Crippen LogP contribution in [-0.2, 0) is 0 Å². The van der Waals surface area contributed by atoms with Crippen LogP contribution in [-0.4, -0.2) is 17.5 Å². The lowest BCUT2D eigenvalue weighted by Crippen LogP contribution is -2.36. The average molecular weight is 339 g/mol. The molecule has 3 aromatic rings. The molecular formula is C18H17N3O4. The van der Waals surface area contributed by atoms with Gasteiger partial charge in [-0.05, 0) is 30.2 Å². The highest BCUT2D eigenvalue weighted by Gasteiger charge is 2.26. The van der Waals surface area contributed by atoms with Gasteiger partial charge in [0.25, 0.3) is 0 Å². The van der Waals surface area contributed by atoms with E-state index in [4.69, 9.17) is 10.2 Å². The van der Waals surface area contributed by atoms with Gasteiger partial charge in [-0.1, -0.05) is 37.3 Å². The zero-order valence-electron chi connectivity index (χ0n) is 13.6. The minimum Gasteiger partial charge on any atom is -0.400 e. The maximum absolute atomic E-state index is 11.7. The summed E-state index contributed by atoms with van der Waals surface area (Å²) in [5, 5.41) is 12.0. The second-order valence-corrected chi connectivity index (χ2v) is 5.58. The van der Waals surface area contributed by atoms with E-state index in [1.807, 2.05) is 13.0 Å². The Labute approximate surface area is 143 Å². The molecule has 0 atom stereocenters. The van der Waals surface area contributed by atoms with Gasteiger partial charge in [-0.15, -0.1) is 0 Å². The van der Waals surface area contributed by atoms with Gasteiger partial charge in [-0.25, -0.2) is 4.79 Å². The van der Waals surface area contributed by atoms with E-state index in [0.717, 1.165) is 6.42 Å². The van der Waals surface area contributed by atoms with Crippen LogP contribution in [0.25, 0.3) is 22.1 Å². The Bertz CT molecular complexity index is 934. The summed E-state index contributed by atoms with van der Waals surface area (Å²) in [7, 11) is 0. The number of primary amides is 1. The van der Waals surface area contributed by atoms with Gasteiger partial charge in [0.05, 0.1) is 0 Å². The maximum Gasteiger partial charge on any atom is 0.442 e. The van der Waals surface area contributed by atoms with Gasteiger partial charge in [-0.2, -0.15) is 0 Å². The van der Waals surface area contributed by atoms with Crippen LogP contribution in [0.3, 0.4) is 0 Å². The van der Waals surface area contributed by atoms with Crippen LogP contribution in [0.15, 0.2) is 52.9 Å². The van der Waals surface area contributed by atoms with Crippen LogP contribution >= 0.6 is 0 Å². The standard InChI is InChI=1S/C18H17N3O4/c1-2-10-20(18(19)22)13-8-9-15-14(11-13)16(17(25-15)21(23)24)12-6-4-3-5-7-12/h3-9,11H,2,10H2,1H3,(H2,19,22). The van der Waals surface area contributed by atoms with Crippen molar-refractivity contribution < 1.29 is 14.1 Å². The second kappa shape index (κ2) is 6.64. The zero-order valence-corrected chi connectivity index (χ0v) is 13.6. The van der Waals surface area contributed by atoms with E-state index in [0.29, 0.717) is 34.3 Å². The number of carbonyl (C=O) groups excluding carboxylic acids is 1. The Balaban J connectivity index is 2.25. The molecule has 0 saturated carbocycles. The summed E-state index contributed by atoms with van der Waals surface area (Å²) in [6, 6.07) is 13.4. The summed E-state index contributed by atoms with van der Waals surface area (Å²) in [5.74, 6) is -0.320. The van der Waals surface area contributed by atoms with Crippen molar-refractivity contribution in [3.8, 4) is 11.1 Å². The number of furan rings is 1. The van der Waals surface area contributed by atoms with Crippen LogP contribution in [0.5, 0.6) is 0 Å². The molecular weight excluding hydrogens is 322 g/mol. The zero-order chi connectivity index (χ0) is 18.0. The summed E-state index contributed by atoms with van der Waals surface area (Å²) in [4.78, 5) is 24.0. The van der Waals surface area contributed by atoms with Crippen LogP contribution < -0.4 is 10.6 Å². The molecule has 0 aliphatic carbocycles. The lowest BCUT2D eigenvalue weighted by Gasteiger charge is -2.19. The van der Waals surface area contributed by atoms with Crippen molar-refractivity contribution in [1.82, 2.24) is 0 Å². The number of nitrogens with two attached hydrogens (primary N) is 1. The molecule has 7 nitrogen and oxygen atoms in total. The summed E-state index contributed by atoms with van der Waals surface area (Å²) in [6.07, 6.45) is 0.734. The van der Waals surface area contributed by atoms with Gasteiger partial charge in [0.2, 0.25) is 0 Å². The number of amides is 2. The number of hydrogen-bond donors (Lipinski definition) is 1. The fourth-order valence-electron chi connectivity index (χ4n) is 2.84. The van der Waals surface area contributed by atoms with Crippen molar-refractivity contribution >= 4 is 28.6 Å². The van der Waals surface area contributed by atoms with Crippen molar-refractivity contribution in [1.29, 1.82) is 0 Å². The fourth-order valence-corrected chi connectivity index (χ4v) is 2.84. The summed E-state index contributed by atoms with van der Waals surface area (Å²) < 4.78 is 5.44. The van der Waals surface area contributed by atoms with Gasteiger partial charge < -0.3 is 10.2 Å². The minimum absolute atomic E-state index is 0.320. The molecule has 128 valence electrons. The van der Waals surface area contributed by atoms with E-state index in [2.05, 4.69) is 0 Å². The van der Waals surface area contributed by atoms with Crippen molar-refractivity contribution in [2.24, 2.45) is 5.73 Å². The predicted molar refractivity (Wildman–Crippen MR) is 95.5 cm³/mol. The first-order valence-corrected chi connectivity index (χ1v) is 7.86. The van der Waals surface area contributed by atoms with Crippen LogP contribution in [0.4, 0.5) is 16.4 Å². The van der Waals surface area contributed by atoms with Gasteiger partial charge >= 0.3 is 11.9 Å². The summed E-state index contributed by atoms with van der Waals surface area (Å²) >= 11 is 0. The molecule has 0 aliphatic rings. The molecule has 0 spiro atoms. The first-order chi connectivity index (χ1) is 12.0. The number of carbonyl (C=O) groups is 1. The Morgan fingerprint density at radius 3 is 2.56 bits per heavy atom. The van der Waals surface area contributed by atoms with Crippen molar-refractivity contribution in [3.63, 3.8) is 0 Å². The molecule has 0 radical (unpaired) electrons. The normalized spacial score (nSPS) is 10.8. The number of anilines is 1. The van der Waals surface area contributed by atoms with Gasteiger partial charge in [0.1, 0.15) is 16.1 Å². The van der Waals surface area contributed by atoms with Gasteiger partial charge in [0, 0.05) is 17.6 Å². The second-order valence-electron chi connectivity index (χ2n) is 5.58. The highest BCUT2D eigenvalue weighted by Crippen LogP contribution is 2.41. The number of benzene rings is 2. The quantitative estimate of drug-likeness (QED) is 0.553. The Morgan fingerprint density at radius 1 is 1.24 bits per heavy atom. The molecule has 0 fully saturated rings. The molecule has 0 aliphatic heterocycles. The molecule has 1 aromatic heterocycles. The number of fused-ring (bicyclic) bond motifs is 1. The highest BCUT2D eigenvalue weighted by atomic mass is 16.6. The van der Waals surface area contributed by atoms with E-state index in [1.54, 1.807) is 42.5 Å². The van der Waals surface area contributed by atoms with Crippen LogP contribution in [0.1, 0.15) is 13.3 Å². The lowest BCUT2D eigenvalue weighted by atomic mass is 10.0. The van der Waals surface area contributed by atoms with Crippen molar-refractivity contribution in [3.05, 3.63) is 58.6 Å². The molecule has 0 saturated heterocycles. The number of nitrogens with zero attached hydrogens (tertiary/aromatic N) is 2. The summed E-state index contributed by atoms with van der Waals surface area (Å²) in [6.45, 7) is 2.40. The average Bonchev–Trinajstić information content (AvgIpc) is 2.99. The third-order valence-corrected chi connectivity index (χ3v) is 3.91. The van der Waals surface area contributed by atoms with E-state index in [1.165, 1.54) is 4.90 Å². The van der Waals surface area contributed by atoms with Crippen molar-refractivity contribution in [2.45, 2.75) is 13.3 Å². The monoisotopic (exact) mass is 339 g/mol. The molecule has 2 N–H and O–H groups in total. The lowest BCUT2D eigenvalue weighted by molar-refractivity contribution is -0.400. The van der Waals surface area contributed by atoms with E-state index in [9.17, 15) is 14.9 Å².